The van der Waals surface area contributed by atoms with Gasteiger partial charge in [-0.25, -0.2) is 22.7 Å². The monoisotopic (exact) mass is 618 g/mol. The van der Waals surface area contributed by atoms with Crippen molar-refractivity contribution >= 4 is 21.9 Å². The number of nitriles is 1. The number of sulfonamides is 1. The molecule has 2 aromatic carbocycles. The molecule has 0 bridgehead atoms. The molecule has 0 aliphatic carbocycles. The largest absolute Gasteiger partial charge is 0.493 e. The van der Waals surface area contributed by atoms with Gasteiger partial charge in [-0.3, -0.25) is 4.79 Å². The predicted octanol–water partition coefficient (Wildman–Crippen LogP) is 2.49. The highest BCUT2D eigenvalue weighted by Crippen LogP contribution is 2.26. The summed E-state index contributed by atoms with van der Waals surface area (Å²) in [5.74, 6) is -5.09. The summed E-state index contributed by atoms with van der Waals surface area (Å²) < 4.78 is 82.8. The first-order chi connectivity index (χ1) is 19.3. The number of hydrogen-bond acceptors (Lipinski definition) is 9. The van der Waals surface area contributed by atoms with Gasteiger partial charge >= 0.3 is 12.1 Å². The average Bonchev–Trinajstić information content (AvgIpc) is 2.88. The van der Waals surface area contributed by atoms with Crippen LogP contribution in [0.4, 0.5) is 17.6 Å². The summed E-state index contributed by atoms with van der Waals surface area (Å²) in [7, 11) is -4.56. The van der Waals surface area contributed by atoms with Crippen molar-refractivity contribution in [1.82, 2.24) is 10.4 Å². The lowest BCUT2D eigenvalue weighted by Crippen LogP contribution is -2.47. The highest BCUT2D eigenvalue weighted by atomic mass is 32.2. The standard InChI is InChI=1S/C26H30F4N4O7S/c1-5-34(41-24(37)26(28,29)30)23(36)19-9-18(42(32,38)39)10-21(27)20(19)11-25(3,4)33-13-17(35)14-40-22-8-15(2)6-7-16(22)12-31/h6-10,17,33,35H,5,11,13-14H2,1-4H3,(H2,32,38,39)/t17-/m0/s1. The number of halogens is 4. The second-order valence-electron chi connectivity index (χ2n) is 9.87. The van der Waals surface area contributed by atoms with Crippen LogP contribution in [-0.4, -0.2) is 68.0 Å². The number of rotatable bonds is 11. The second kappa shape index (κ2) is 13.5. The molecule has 2 aromatic rings. The van der Waals surface area contributed by atoms with Crippen LogP contribution in [0.15, 0.2) is 35.2 Å². The van der Waals surface area contributed by atoms with Crippen molar-refractivity contribution in [2.75, 3.05) is 19.7 Å². The number of alkyl halides is 3. The van der Waals surface area contributed by atoms with Gasteiger partial charge < -0.3 is 20.0 Å². The highest BCUT2D eigenvalue weighted by Gasteiger charge is 2.43. The number of amides is 1. The van der Waals surface area contributed by atoms with Crippen molar-refractivity contribution in [3.8, 4) is 11.8 Å². The molecular formula is C26H30F4N4O7S. The number of aryl methyl sites for hydroxylation is 1. The van der Waals surface area contributed by atoms with Crippen LogP contribution >= 0.6 is 0 Å². The molecule has 0 aliphatic rings. The lowest BCUT2D eigenvalue weighted by molar-refractivity contribution is -0.228. The predicted molar refractivity (Wildman–Crippen MR) is 140 cm³/mol. The van der Waals surface area contributed by atoms with Crippen LogP contribution in [0.2, 0.25) is 0 Å². The third kappa shape index (κ3) is 9.38. The van der Waals surface area contributed by atoms with Crippen molar-refractivity contribution in [1.29, 1.82) is 5.26 Å². The van der Waals surface area contributed by atoms with E-state index in [1.807, 2.05) is 6.07 Å². The Morgan fingerprint density at radius 3 is 2.40 bits per heavy atom. The van der Waals surface area contributed by atoms with Gasteiger partial charge in [-0.15, -0.1) is 0 Å². The smallest absolute Gasteiger partial charge is 0.489 e. The molecular weight excluding hydrogens is 588 g/mol. The van der Waals surface area contributed by atoms with Gasteiger partial charge in [0, 0.05) is 17.6 Å². The maximum absolute atomic E-state index is 15.3. The number of hydrogen-bond donors (Lipinski definition) is 3. The van der Waals surface area contributed by atoms with E-state index in [9.17, 15) is 41.5 Å². The molecule has 0 radical (unpaired) electrons. The lowest BCUT2D eigenvalue weighted by atomic mass is 9.91. The van der Waals surface area contributed by atoms with Crippen LogP contribution < -0.4 is 15.2 Å². The molecule has 11 nitrogen and oxygen atoms in total. The first-order valence-corrected chi connectivity index (χ1v) is 13.9. The Morgan fingerprint density at radius 2 is 1.86 bits per heavy atom. The van der Waals surface area contributed by atoms with Gasteiger partial charge in [0.05, 0.1) is 22.6 Å². The van der Waals surface area contributed by atoms with Crippen LogP contribution in [0.1, 0.15) is 47.8 Å². The Kier molecular flexibility index (Phi) is 11.0. The van der Waals surface area contributed by atoms with Gasteiger partial charge in [-0.05, 0) is 63.9 Å². The molecule has 230 valence electrons. The summed E-state index contributed by atoms with van der Waals surface area (Å²) in [5.41, 5.74) is -1.15. The average molecular weight is 619 g/mol. The number of nitrogens with one attached hydrogen (secondary N) is 1. The second-order valence-corrected chi connectivity index (χ2v) is 11.4. The van der Waals surface area contributed by atoms with E-state index < -0.39 is 68.1 Å². The van der Waals surface area contributed by atoms with Gasteiger partial charge in [0.25, 0.3) is 5.91 Å². The number of aliphatic hydroxyl groups is 1. The SMILES string of the molecule is CCN(OC(=O)C(F)(F)F)C(=O)c1cc(S(N)(=O)=O)cc(F)c1CC(C)(C)NC[C@H](O)COc1cc(C)ccc1C#N. The fraction of sp³-hybridized carbons (Fsp3) is 0.423. The van der Waals surface area contributed by atoms with E-state index in [1.54, 1.807) is 39.0 Å². The Hall–Kier alpha value is -3.78. The zero-order valence-electron chi connectivity index (χ0n) is 23.1. The minimum Gasteiger partial charge on any atom is -0.489 e. The minimum atomic E-state index is -5.45. The maximum Gasteiger partial charge on any atom is 0.493 e. The van der Waals surface area contributed by atoms with E-state index in [-0.39, 0.29) is 35.9 Å². The molecule has 0 fully saturated rings. The quantitative estimate of drug-likeness (QED) is 0.253. The number of carbonyl (C=O) groups excluding carboxylic acids is 2. The number of primary sulfonamides is 1. The van der Waals surface area contributed by atoms with E-state index in [4.69, 9.17) is 9.88 Å². The molecule has 42 heavy (non-hydrogen) atoms. The minimum absolute atomic E-state index is 0.0172. The topological polar surface area (TPSA) is 172 Å². The number of β-amino-alcohol motifs (C(OH)–C–C–N with tert-alkyl or cyclic N) is 1. The zero-order valence-corrected chi connectivity index (χ0v) is 23.9. The molecule has 16 heteroatoms. The van der Waals surface area contributed by atoms with Crippen molar-refractivity contribution < 1.29 is 50.2 Å². The molecule has 2 rings (SSSR count). The summed E-state index contributed by atoms with van der Waals surface area (Å²) >= 11 is 0. The molecule has 0 saturated carbocycles. The fourth-order valence-electron chi connectivity index (χ4n) is 3.67. The van der Waals surface area contributed by atoms with E-state index in [0.29, 0.717) is 12.1 Å². The normalized spacial score (nSPS) is 12.8. The van der Waals surface area contributed by atoms with Gasteiger partial charge in [-0.1, -0.05) is 6.07 Å². The van der Waals surface area contributed by atoms with Crippen LogP contribution in [0.25, 0.3) is 0 Å². The molecule has 0 heterocycles. The number of ether oxygens (including phenoxy) is 1. The van der Waals surface area contributed by atoms with Crippen LogP contribution in [-0.2, 0) is 26.1 Å². The molecule has 0 spiro atoms. The van der Waals surface area contributed by atoms with Crippen LogP contribution in [0.3, 0.4) is 0 Å². The molecule has 0 aromatic heterocycles. The molecule has 4 N–H and O–H groups in total. The van der Waals surface area contributed by atoms with Crippen molar-refractivity contribution in [3.63, 3.8) is 0 Å². The molecule has 0 saturated heterocycles. The first kappa shape index (κ1) is 34.4. The van der Waals surface area contributed by atoms with E-state index in [1.165, 1.54) is 6.92 Å². The van der Waals surface area contributed by atoms with E-state index in [2.05, 4.69) is 10.2 Å². The third-order valence-electron chi connectivity index (χ3n) is 5.79. The van der Waals surface area contributed by atoms with Crippen molar-refractivity contribution in [2.24, 2.45) is 5.14 Å². The van der Waals surface area contributed by atoms with Gasteiger partial charge in [0.1, 0.15) is 30.3 Å². The number of aliphatic hydroxyl groups excluding tert-OH is 1. The molecule has 1 atom stereocenters. The maximum atomic E-state index is 15.3. The summed E-state index contributed by atoms with van der Waals surface area (Å²) in [6, 6.07) is 8.11. The lowest BCUT2D eigenvalue weighted by Gasteiger charge is -2.30. The fourth-order valence-corrected chi connectivity index (χ4v) is 4.22. The molecule has 0 unspecified atom stereocenters. The number of carbonyl (C=O) groups is 2. The Morgan fingerprint density at radius 1 is 1.21 bits per heavy atom. The molecule has 0 aliphatic heterocycles. The van der Waals surface area contributed by atoms with Crippen molar-refractivity contribution in [3.05, 3.63) is 58.4 Å². The van der Waals surface area contributed by atoms with Crippen LogP contribution in [0.5, 0.6) is 5.75 Å². The molecule has 1 amide bonds. The number of benzene rings is 2. The summed E-state index contributed by atoms with van der Waals surface area (Å²) in [6.07, 6.45) is -6.92. The van der Waals surface area contributed by atoms with E-state index >= 15 is 4.39 Å². The Balaban J connectivity index is 2.30. The van der Waals surface area contributed by atoms with E-state index in [0.717, 1.165) is 5.56 Å². The van der Waals surface area contributed by atoms with Gasteiger partial charge in [0.15, 0.2) is 0 Å². The van der Waals surface area contributed by atoms with Gasteiger partial charge in [-0.2, -0.15) is 23.5 Å². The third-order valence-corrected chi connectivity index (χ3v) is 6.68. The highest BCUT2D eigenvalue weighted by molar-refractivity contribution is 7.89. The summed E-state index contributed by atoms with van der Waals surface area (Å²) in [4.78, 5) is 27.7. The Labute approximate surface area is 239 Å². The van der Waals surface area contributed by atoms with Crippen molar-refractivity contribution in [2.45, 2.75) is 56.8 Å². The number of hydroxylamine groups is 2. The summed E-state index contributed by atoms with van der Waals surface area (Å²) in [5, 5.41) is 27.7. The zero-order chi connectivity index (χ0) is 32.0. The van der Waals surface area contributed by atoms with Crippen LogP contribution in [0, 0.1) is 24.1 Å². The first-order valence-electron chi connectivity index (χ1n) is 12.3. The van der Waals surface area contributed by atoms with Gasteiger partial charge in [0.2, 0.25) is 10.0 Å². The Bertz CT molecular complexity index is 1470. The number of nitrogens with zero attached hydrogens (tertiary/aromatic N) is 2. The number of nitrogens with two attached hydrogens (primary N) is 1. The summed E-state index contributed by atoms with van der Waals surface area (Å²) in [6.45, 7) is 5.14.